The lowest BCUT2D eigenvalue weighted by Gasteiger charge is -2.42. The van der Waals surface area contributed by atoms with Crippen LogP contribution in [0.25, 0.3) is 0 Å². The van der Waals surface area contributed by atoms with Crippen LogP contribution in [0, 0.1) is 0 Å². The van der Waals surface area contributed by atoms with Gasteiger partial charge in [-0.05, 0) is 0 Å². The van der Waals surface area contributed by atoms with Crippen molar-refractivity contribution in [2.45, 2.75) is 31.0 Å². The minimum absolute atomic E-state index is 0.241. The average molecular weight is 199 g/mol. The predicted molar refractivity (Wildman–Crippen MR) is 50.8 cm³/mol. The third-order valence-electron chi connectivity index (χ3n) is 2.51. The molecular weight excluding hydrogens is 186 g/mol. The van der Waals surface area contributed by atoms with Gasteiger partial charge in [-0.3, -0.25) is 0 Å². The number of hydrogen-bond acceptors (Lipinski definition) is 4. The Balaban J connectivity index is 1.90. The van der Waals surface area contributed by atoms with E-state index in [9.17, 15) is 5.11 Å². The molecule has 1 N–H and O–H groups in total. The lowest BCUT2D eigenvalue weighted by atomic mass is 9.75. The van der Waals surface area contributed by atoms with Gasteiger partial charge in [-0.2, -0.15) is 0 Å². The zero-order valence-electron chi connectivity index (χ0n) is 7.56. The Labute approximate surface area is 81.4 Å². The third-order valence-corrected chi connectivity index (χ3v) is 3.29. The molecular formula is C9H13NO2S. The van der Waals surface area contributed by atoms with E-state index in [2.05, 4.69) is 4.98 Å². The summed E-state index contributed by atoms with van der Waals surface area (Å²) >= 11 is 1.60. The molecule has 1 fully saturated rings. The van der Waals surface area contributed by atoms with Crippen LogP contribution < -0.4 is 0 Å². The highest BCUT2D eigenvalue weighted by atomic mass is 32.1. The van der Waals surface area contributed by atoms with Gasteiger partial charge in [0.1, 0.15) is 0 Å². The van der Waals surface area contributed by atoms with Crippen LogP contribution in [0.2, 0.25) is 0 Å². The van der Waals surface area contributed by atoms with E-state index in [1.165, 1.54) is 0 Å². The summed E-state index contributed by atoms with van der Waals surface area (Å²) in [5.41, 5.74) is -0.557. The molecule has 0 atom stereocenters. The number of aliphatic hydroxyl groups is 1. The van der Waals surface area contributed by atoms with Crippen molar-refractivity contribution < 1.29 is 9.84 Å². The first kappa shape index (κ1) is 9.12. The second kappa shape index (κ2) is 3.36. The molecule has 2 rings (SSSR count). The summed E-state index contributed by atoms with van der Waals surface area (Å²) in [7, 11) is 1.69. The first-order valence-electron chi connectivity index (χ1n) is 4.35. The van der Waals surface area contributed by atoms with E-state index in [0.29, 0.717) is 6.42 Å². The fourth-order valence-corrected chi connectivity index (χ4v) is 2.47. The molecule has 1 aromatic heterocycles. The van der Waals surface area contributed by atoms with Crippen LogP contribution in [-0.4, -0.2) is 28.9 Å². The Morgan fingerprint density at radius 1 is 1.77 bits per heavy atom. The van der Waals surface area contributed by atoms with Crippen molar-refractivity contribution in [3.05, 3.63) is 16.6 Å². The van der Waals surface area contributed by atoms with Gasteiger partial charge >= 0.3 is 0 Å². The lowest BCUT2D eigenvalue weighted by molar-refractivity contribution is -0.126. The molecule has 72 valence electrons. The summed E-state index contributed by atoms with van der Waals surface area (Å²) in [5, 5.41) is 12.9. The number of methoxy groups -OCH3 is 1. The van der Waals surface area contributed by atoms with E-state index in [4.69, 9.17) is 4.74 Å². The second-order valence-electron chi connectivity index (χ2n) is 3.59. The Bertz CT molecular complexity index is 267. The van der Waals surface area contributed by atoms with E-state index < -0.39 is 5.60 Å². The van der Waals surface area contributed by atoms with Crippen molar-refractivity contribution in [2.75, 3.05) is 7.11 Å². The molecule has 0 bridgehead atoms. The summed E-state index contributed by atoms with van der Waals surface area (Å²) < 4.78 is 5.12. The molecule has 1 saturated carbocycles. The minimum atomic E-state index is -0.557. The van der Waals surface area contributed by atoms with Gasteiger partial charge in [0.2, 0.25) is 0 Å². The standard InChI is InChI=1S/C9H13NO2S/c1-12-7-4-9(11,5-7)6-8-10-2-3-13-8/h2-3,7,11H,4-6H2,1H3. The highest BCUT2D eigenvalue weighted by molar-refractivity contribution is 7.09. The number of aromatic nitrogens is 1. The highest BCUT2D eigenvalue weighted by Gasteiger charge is 2.43. The molecule has 13 heavy (non-hydrogen) atoms. The van der Waals surface area contributed by atoms with Crippen LogP contribution in [0.15, 0.2) is 11.6 Å². The molecule has 0 aromatic carbocycles. The maximum atomic E-state index is 9.97. The van der Waals surface area contributed by atoms with Gasteiger partial charge in [0.15, 0.2) is 0 Å². The zero-order valence-corrected chi connectivity index (χ0v) is 8.38. The van der Waals surface area contributed by atoms with Crippen LogP contribution in [0.3, 0.4) is 0 Å². The van der Waals surface area contributed by atoms with Gasteiger partial charge in [0.25, 0.3) is 0 Å². The largest absolute Gasteiger partial charge is 0.389 e. The van der Waals surface area contributed by atoms with Crippen molar-refractivity contribution in [3.63, 3.8) is 0 Å². The van der Waals surface area contributed by atoms with Gasteiger partial charge in [-0.1, -0.05) is 0 Å². The SMILES string of the molecule is COC1CC(O)(Cc2nccs2)C1. The quantitative estimate of drug-likeness (QED) is 0.796. The number of hydrogen-bond donors (Lipinski definition) is 1. The fourth-order valence-electron chi connectivity index (χ4n) is 1.72. The molecule has 0 spiro atoms. The summed E-state index contributed by atoms with van der Waals surface area (Å²) in [6.45, 7) is 0. The van der Waals surface area contributed by atoms with Gasteiger partial charge in [-0.25, -0.2) is 4.98 Å². The topological polar surface area (TPSA) is 42.4 Å². The zero-order chi connectivity index (χ0) is 9.31. The predicted octanol–water partition coefficient (Wildman–Crippen LogP) is 1.23. The normalized spacial score (nSPS) is 32.9. The summed E-state index contributed by atoms with van der Waals surface area (Å²) in [5.74, 6) is 0. The van der Waals surface area contributed by atoms with Gasteiger partial charge in [0, 0.05) is 37.9 Å². The first-order chi connectivity index (χ1) is 6.22. The van der Waals surface area contributed by atoms with Crippen molar-refractivity contribution in [3.8, 4) is 0 Å². The van der Waals surface area contributed by atoms with E-state index in [1.54, 1.807) is 24.6 Å². The second-order valence-corrected chi connectivity index (χ2v) is 4.57. The molecule has 0 amide bonds. The maximum absolute atomic E-state index is 9.97. The lowest BCUT2D eigenvalue weighted by Crippen LogP contribution is -2.49. The number of nitrogens with zero attached hydrogens (tertiary/aromatic N) is 1. The molecule has 4 heteroatoms. The molecule has 0 unspecified atom stereocenters. The minimum Gasteiger partial charge on any atom is -0.389 e. The molecule has 1 aliphatic carbocycles. The van der Waals surface area contributed by atoms with Crippen LogP contribution >= 0.6 is 11.3 Å². The maximum Gasteiger partial charge on any atom is 0.0953 e. The molecule has 0 aliphatic heterocycles. The van der Waals surface area contributed by atoms with Gasteiger partial charge in [0.05, 0.1) is 16.7 Å². The highest BCUT2D eigenvalue weighted by Crippen LogP contribution is 2.37. The smallest absolute Gasteiger partial charge is 0.0953 e. The van der Waals surface area contributed by atoms with Crippen LogP contribution in [-0.2, 0) is 11.2 Å². The Morgan fingerprint density at radius 2 is 2.54 bits per heavy atom. The van der Waals surface area contributed by atoms with Crippen molar-refractivity contribution in [1.29, 1.82) is 0 Å². The molecule has 1 heterocycles. The summed E-state index contributed by atoms with van der Waals surface area (Å²) in [6.07, 6.45) is 4.16. The Hall–Kier alpha value is -0.450. The van der Waals surface area contributed by atoms with Crippen LogP contribution in [0.4, 0.5) is 0 Å². The third kappa shape index (κ3) is 1.90. The summed E-state index contributed by atoms with van der Waals surface area (Å²) in [6, 6.07) is 0. The van der Waals surface area contributed by atoms with Gasteiger partial charge < -0.3 is 9.84 Å². The fraction of sp³-hybridized carbons (Fsp3) is 0.667. The molecule has 0 radical (unpaired) electrons. The number of rotatable bonds is 3. The molecule has 3 nitrogen and oxygen atoms in total. The Morgan fingerprint density at radius 3 is 3.08 bits per heavy atom. The monoisotopic (exact) mass is 199 g/mol. The number of ether oxygens (including phenoxy) is 1. The van der Waals surface area contributed by atoms with Crippen molar-refractivity contribution in [2.24, 2.45) is 0 Å². The molecule has 0 saturated heterocycles. The van der Waals surface area contributed by atoms with E-state index in [0.717, 1.165) is 17.8 Å². The first-order valence-corrected chi connectivity index (χ1v) is 5.23. The molecule has 1 aliphatic rings. The number of thiazole rings is 1. The van der Waals surface area contributed by atoms with Crippen molar-refractivity contribution >= 4 is 11.3 Å². The van der Waals surface area contributed by atoms with Crippen LogP contribution in [0.1, 0.15) is 17.8 Å². The van der Waals surface area contributed by atoms with Gasteiger partial charge in [-0.15, -0.1) is 11.3 Å². The Kier molecular flexibility index (Phi) is 2.36. The molecule has 1 aromatic rings. The van der Waals surface area contributed by atoms with E-state index in [1.807, 2.05) is 5.38 Å². The van der Waals surface area contributed by atoms with Crippen LogP contribution in [0.5, 0.6) is 0 Å². The van der Waals surface area contributed by atoms with Crippen molar-refractivity contribution in [1.82, 2.24) is 4.98 Å². The van der Waals surface area contributed by atoms with E-state index in [-0.39, 0.29) is 6.10 Å². The summed E-state index contributed by atoms with van der Waals surface area (Å²) in [4.78, 5) is 4.15. The van der Waals surface area contributed by atoms with E-state index >= 15 is 0 Å². The average Bonchev–Trinajstić information content (AvgIpc) is 2.52.